The summed E-state index contributed by atoms with van der Waals surface area (Å²) in [6.07, 6.45) is 14.9. The van der Waals surface area contributed by atoms with Crippen molar-refractivity contribution in [2.24, 2.45) is 51.6 Å². The molecule has 0 aromatic heterocycles. The standard InChI is InChI=1S/C31H50N2O3/c1-20(5-10-27(35)33-17-15-29(2,16-18-33)28(32)36)24-8-9-25-23-7-6-21-19-22(34)11-13-30(21,3)26(23)12-14-31(24,25)4/h6,20,22-26,34H,5,7-19H2,1-4H3,(H2,32,36)/t20?,22-,23-,24+,25-,26-,30-,31+/m0/s1. The van der Waals surface area contributed by atoms with Crippen LogP contribution in [-0.2, 0) is 9.59 Å². The fourth-order valence-electron chi connectivity index (χ4n) is 9.82. The van der Waals surface area contributed by atoms with Crippen molar-refractivity contribution in [3.8, 4) is 0 Å². The van der Waals surface area contributed by atoms with Gasteiger partial charge in [-0.05, 0) is 111 Å². The summed E-state index contributed by atoms with van der Waals surface area (Å²) in [4.78, 5) is 26.7. The minimum Gasteiger partial charge on any atom is -0.393 e. The minimum absolute atomic E-state index is 0.133. The van der Waals surface area contributed by atoms with E-state index >= 15 is 0 Å². The zero-order valence-electron chi connectivity index (χ0n) is 23.2. The molecule has 0 bridgehead atoms. The number of hydrogen-bond acceptors (Lipinski definition) is 3. The van der Waals surface area contributed by atoms with Gasteiger partial charge in [0, 0.05) is 24.9 Å². The van der Waals surface area contributed by atoms with Crippen molar-refractivity contribution in [1.29, 1.82) is 0 Å². The Balaban J connectivity index is 1.19. The molecule has 0 spiro atoms. The summed E-state index contributed by atoms with van der Waals surface area (Å²) in [7, 11) is 0. The molecule has 5 heteroatoms. The molecule has 202 valence electrons. The van der Waals surface area contributed by atoms with Gasteiger partial charge < -0.3 is 15.7 Å². The number of hydrogen-bond donors (Lipinski definition) is 2. The number of carbonyl (C=O) groups excluding carboxylic acids is 2. The van der Waals surface area contributed by atoms with E-state index in [1.807, 2.05) is 11.8 Å². The van der Waals surface area contributed by atoms with Crippen LogP contribution in [0.3, 0.4) is 0 Å². The second kappa shape index (κ2) is 9.43. The van der Waals surface area contributed by atoms with Crippen molar-refractivity contribution < 1.29 is 14.7 Å². The maximum atomic E-state index is 13.0. The molecule has 1 aliphatic heterocycles. The average molecular weight is 499 g/mol. The summed E-state index contributed by atoms with van der Waals surface area (Å²) in [6.45, 7) is 10.8. The van der Waals surface area contributed by atoms with Gasteiger partial charge in [-0.25, -0.2) is 0 Å². The summed E-state index contributed by atoms with van der Waals surface area (Å²) in [5.74, 6) is 3.67. The molecule has 5 aliphatic rings. The second-order valence-electron chi connectivity index (χ2n) is 14.2. The van der Waals surface area contributed by atoms with E-state index < -0.39 is 5.41 Å². The van der Waals surface area contributed by atoms with Gasteiger partial charge in [-0.1, -0.05) is 39.3 Å². The van der Waals surface area contributed by atoms with Crippen molar-refractivity contribution in [3.05, 3.63) is 11.6 Å². The first-order chi connectivity index (χ1) is 17.0. The molecule has 4 aliphatic carbocycles. The lowest BCUT2D eigenvalue weighted by molar-refractivity contribution is -0.138. The molecule has 0 radical (unpaired) electrons. The molecular formula is C31H50N2O3. The first-order valence-corrected chi connectivity index (χ1v) is 14.9. The fourth-order valence-corrected chi connectivity index (χ4v) is 9.82. The van der Waals surface area contributed by atoms with Crippen LogP contribution in [0, 0.1) is 45.8 Å². The van der Waals surface area contributed by atoms with Crippen molar-refractivity contribution in [2.45, 2.75) is 111 Å². The van der Waals surface area contributed by atoms with Gasteiger partial charge in [0.2, 0.25) is 11.8 Å². The Morgan fingerprint density at radius 2 is 1.78 bits per heavy atom. The number of piperidine rings is 1. The highest BCUT2D eigenvalue weighted by Crippen LogP contribution is 2.67. The molecule has 8 atom stereocenters. The van der Waals surface area contributed by atoms with Gasteiger partial charge in [-0.2, -0.15) is 0 Å². The second-order valence-corrected chi connectivity index (χ2v) is 14.2. The SMILES string of the molecule is CC(CCC(=O)N1CCC(C)(C(N)=O)CC1)[C@H]1CC[C@H]2[C@@H]3CC=C4C[C@@H](O)CC[C@]4(C)[C@H]3CC[C@]12C. The molecule has 36 heavy (non-hydrogen) atoms. The zero-order valence-corrected chi connectivity index (χ0v) is 23.2. The summed E-state index contributed by atoms with van der Waals surface area (Å²) in [5.41, 5.74) is 7.39. The Labute approximate surface area is 218 Å². The number of allylic oxidation sites excluding steroid dienone is 1. The van der Waals surface area contributed by atoms with Crippen LogP contribution in [0.4, 0.5) is 0 Å². The number of amides is 2. The number of nitrogens with two attached hydrogens (primary N) is 1. The molecule has 1 heterocycles. The van der Waals surface area contributed by atoms with Gasteiger partial charge in [-0.3, -0.25) is 9.59 Å². The fraction of sp³-hybridized carbons (Fsp3) is 0.871. The summed E-state index contributed by atoms with van der Waals surface area (Å²) in [5, 5.41) is 10.3. The molecule has 0 aromatic rings. The van der Waals surface area contributed by atoms with Crippen LogP contribution in [-0.4, -0.2) is 41.0 Å². The van der Waals surface area contributed by atoms with E-state index in [-0.39, 0.29) is 17.9 Å². The Morgan fingerprint density at radius 1 is 1.06 bits per heavy atom. The molecule has 0 aromatic carbocycles. The highest BCUT2D eigenvalue weighted by Gasteiger charge is 2.59. The third-order valence-corrected chi connectivity index (χ3v) is 12.5. The van der Waals surface area contributed by atoms with E-state index in [9.17, 15) is 14.7 Å². The lowest BCUT2D eigenvalue weighted by Gasteiger charge is -2.58. The number of rotatable bonds is 5. The predicted molar refractivity (Wildman–Crippen MR) is 143 cm³/mol. The van der Waals surface area contributed by atoms with E-state index in [1.165, 1.54) is 32.1 Å². The normalized spacial score (nSPS) is 42.5. The average Bonchev–Trinajstić information content (AvgIpc) is 3.20. The van der Waals surface area contributed by atoms with Gasteiger partial charge in [0.05, 0.1) is 6.10 Å². The third-order valence-electron chi connectivity index (χ3n) is 12.5. The van der Waals surface area contributed by atoms with Crippen molar-refractivity contribution in [1.82, 2.24) is 4.90 Å². The zero-order chi connectivity index (χ0) is 25.9. The lowest BCUT2D eigenvalue weighted by atomic mass is 9.47. The van der Waals surface area contributed by atoms with Crippen LogP contribution in [0.15, 0.2) is 11.6 Å². The Morgan fingerprint density at radius 3 is 2.47 bits per heavy atom. The van der Waals surface area contributed by atoms with Crippen LogP contribution >= 0.6 is 0 Å². The van der Waals surface area contributed by atoms with E-state index in [1.54, 1.807) is 5.57 Å². The summed E-state index contributed by atoms with van der Waals surface area (Å²) < 4.78 is 0. The molecule has 5 nitrogen and oxygen atoms in total. The quantitative estimate of drug-likeness (QED) is 0.494. The van der Waals surface area contributed by atoms with Crippen molar-refractivity contribution >= 4 is 11.8 Å². The Hall–Kier alpha value is -1.36. The van der Waals surface area contributed by atoms with Crippen molar-refractivity contribution in [3.63, 3.8) is 0 Å². The maximum absolute atomic E-state index is 13.0. The topological polar surface area (TPSA) is 83.6 Å². The number of aliphatic hydroxyl groups is 1. The number of primary amides is 1. The van der Waals surface area contributed by atoms with Crippen LogP contribution in [0.25, 0.3) is 0 Å². The monoisotopic (exact) mass is 498 g/mol. The molecule has 3 saturated carbocycles. The molecule has 4 fully saturated rings. The summed E-state index contributed by atoms with van der Waals surface area (Å²) in [6, 6.07) is 0. The first-order valence-electron chi connectivity index (χ1n) is 14.9. The van der Waals surface area contributed by atoms with Crippen LogP contribution in [0.1, 0.15) is 105 Å². The molecule has 5 rings (SSSR count). The third kappa shape index (κ3) is 4.25. The smallest absolute Gasteiger partial charge is 0.223 e. The maximum Gasteiger partial charge on any atom is 0.223 e. The number of aliphatic hydroxyl groups excluding tert-OH is 1. The van der Waals surface area contributed by atoms with Crippen LogP contribution < -0.4 is 5.73 Å². The van der Waals surface area contributed by atoms with Gasteiger partial charge in [0.15, 0.2) is 0 Å². The van der Waals surface area contributed by atoms with Gasteiger partial charge in [-0.15, -0.1) is 0 Å². The Bertz CT molecular complexity index is 905. The van der Waals surface area contributed by atoms with Gasteiger partial charge in [0.1, 0.15) is 0 Å². The van der Waals surface area contributed by atoms with E-state index in [0.29, 0.717) is 55.0 Å². The lowest BCUT2D eigenvalue weighted by Crippen LogP contribution is -2.50. The van der Waals surface area contributed by atoms with Crippen LogP contribution in [0.2, 0.25) is 0 Å². The molecule has 1 saturated heterocycles. The minimum atomic E-state index is -0.458. The number of carbonyl (C=O) groups is 2. The largest absolute Gasteiger partial charge is 0.393 e. The first kappa shape index (κ1) is 26.3. The highest BCUT2D eigenvalue weighted by atomic mass is 16.3. The Kier molecular flexibility index (Phi) is 6.88. The van der Waals surface area contributed by atoms with E-state index in [2.05, 4.69) is 26.8 Å². The van der Waals surface area contributed by atoms with Gasteiger partial charge >= 0.3 is 0 Å². The number of likely N-dealkylation sites (tertiary alicyclic amines) is 1. The van der Waals surface area contributed by atoms with E-state index in [0.717, 1.165) is 43.4 Å². The van der Waals surface area contributed by atoms with E-state index in [4.69, 9.17) is 5.73 Å². The van der Waals surface area contributed by atoms with Crippen molar-refractivity contribution in [2.75, 3.05) is 13.1 Å². The number of nitrogens with zero attached hydrogens (tertiary/aromatic N) is 1. The predicted octanol–water partition coefficient (Wildman–Crippen LogP) is 5.46. The number of fused-ring (bicyclic) bond motifs is 5. The molecule has 1 unspecified atom stereocenters. The summed E-state index contributed by atoms with van der Waals surface area (Å²) >= 11 is 0. The van der Waals surface area contributed by atoms with Gasteiger partial charge in [0.25, 0.3) is 0 Å². The molecule has 3 N–H and O–H groups in total. The van der Waals surface area contributed by atoms with Crippen LogP contribution in [0.5, 0.6) is 0 Å². The molecule has 2 amide bonds. The highest BCUT2D eigenvalue weighted by molar-refractivity contribution is 5.81. The molecular weight excluding hydrogens is 448 g/mol.